The molecule has 1 aliphatic carbocycles. The van der Waals surface area contributed by atoms with Gasteiger partial charge in [0, 0.05) is 37.9 Å². The Morgan fingerprint density at radius 2 is 1.96 bits per heavy atom. The Kier molecular flexibility index (Phi) is 8.94. The Hall–Kier alpha value is -2.41. The molecule has 1 aromatic carbocycles. The van der Waals surface area contributed by atoms with E-state index in [0.29, 0.717) is 31.0 Å². The van der Waals surface area contributed by atoms with Crippen LogP contribution in [0.15, 0.2) is 24.3 Å². The van der Waals surface area contributed by atoms with E-state index in [2.05, 4.69) is 16.0 Å². The summed E-state index contributed by atoms with van der Waals surface area (Å²) in [5.41, 5.74) is 1.02. The van der Waals surface area contributed by atoms with Crippen molar-refractivity contribution in [2.24, 2.45) is 5.92 Å². The van der Waals surface area contributed by atoms with Crippen LogP contribution in [0.1, 0.15) is 56.3 Å². The predicted octanol–water partition coefficient (Wildman–Crippen LogP) is 2.48. The summed E-state index contributed by atoms with van der Waals surface area (Å²) < 4.78 is 5.25. The molecule has 0 spiro atoms. The predicted molar refractivity (Wildman–Crippen MR) is 108 cm³/mol. The van der Waals surface area contributed by atoms with Gasteiger partial charge in [0.25, 0.3) is 5.91 Å². The number of nitrogens with one attached hydrogen (secondary N) is 3. The molecule has 0 bridgehead atoms. The van der Waals surface area contributed by atoms with Crippen molar-refractivity contribution >= 4 is 23.4 Å². The number of carbonyl (C=O) groups is 3. The number of hydrogen-bond donors (Lipinski definition) is 3. The Labute approximate surface area is 166 Å². The van der Waals surface area contributed by atoms with Crippen molar-refractivity contribution in [1.29, 1.82) is 0 Å². The van der Waals surface area contributed by atoms with E-state index in [9.17, 15) is 14.4 Å². The minimum Gasteiger partial charge on any atom is -0.382 e. The van der Waals surface area contributed by atoms with Gasteiger partial charge in [-0.2, -0.15) is 0 Å². The molecule has 0 aliphatic heterocycles. The number of carbonyl (C=O) groups excluding carboxylic acids is 3. The lowest BCUT2D eigenvalue weighted by molar-refractivity contribution is -0.126. The Morgan fingerprint density at radius 3 is 2.64 bits per heavy atom. The summed E-state index contributed by atoms with van der Waals surface area (Å²) in [5, 5.41) is 8.47. The van der Waals surface area contributed by atoms with Crippen LogP contribution in [0.3, 0.4) is 0 Å². The maximum absolute atomic E-state index is 12.7. The molecule has 1 aliphatic rings. The van der Waals surface area contributed by atoms with Crippen molar-refractivity contribution in [3.8, 4) is 0 Å². The fraction of sp³-hybridized carbons (Fsp3) is 0.571. The molecule has 7 heteroatoms. The number of rotatable bonds is 10. The van der Waals surface area contributed by atoms with E-state index in [4.69, 9.17) is 4.74 Å². The first-order valence-electron chi connectivity index (χ1n) is 10.0. The van der Waals surface area contributed by atoms with Crippen molar-refractivity contribution < 1.29 is 19.1 Å². The Morgan fingerprint density at radius 1 is 1.21 bits per heavy atom. The summed E-state index contributed by atoms with van der Waals surface area (Å²) in [6.07, 6.45) is 4.76. The maximum atomic E-state index is 12.7. The summed E-state index contributed by atoms with van der Waals surface area (Å²) in [6, 6.07) is 6.28. The van der Waals surface area contributed by atoms with Gasteiger partial charge in [-0.1, -0.05) is 18.9 Å². The highest BCUT2D eigenvalue weighted by Crippen LogP contribution is 2.28. The molecule has 1 fully saturated rings. The minimum atomic E-state index is -0.545. The lowest BCUT2D eigenvalue weighted by atomic mass is 9.97. The molecule has 2 rings (SSSR count). The standard InChI is InChI=1S/C21H31N3O4/c1-3-28-13-7-12-22-20(26)17-10-6-11-18(14-17)24-21(27)19(23-15(2)25)16-8-4-5-9-16/h6,10-11,14,16,19H,3-5,7-9,12-13H2,1-2H3,(H,22,26)(H,23,25)(H,24,27). The van der Waals surface area contributed by atoms with Crippen molar-refractivity contribution in [3.05, 3.63) is 29.8 Å². The molecular formula is C21H31N3O4. The van der Waals surface area contributed by atoms with Crippen molar-refractivity contribution in [1.82, 2.24) is 10.6 Å². The number of amides is 3. The van der Waals surface area contributed by atoms with E-state index in [0.717, 1.165) is 32.1 Å². The van der Waals surface area contributed by atoms with E-state index in [-0.39, 0.29) is 23.6 Å². The largest absolute Gasteiger partial charge is 0.382 e. The van der Waals surface area contributed by atoms with Gasteiger partial charge in [-0.05, 0) is 50.3 Å². The molecule has 1 unspecified atom stereocenters. The van der Waals surface area contributed by atoms with Crippen LogP contribution in [-0.2, 0) is 14.3 Å². The molecule has 1 aromatic rings. The molecule has 28 heavy (non-hydrogen) atoms. The topological polar surface area (TPSA) is 96.5 Å². The van der Waals surface area contributed by atoms with Crippen molar-refractivity contribution in [2.45, 2.75) is 52.0 Å². The zero-order valence-electron chi connectivity index (χ0n) is 16.8. The quantitative estimate of drug-likeness (QED) is 0.536. The monoisotopic (exact) mass is 389 g/mol. The van der Waals surface area contributed by atoms with E-state index < -0.39 is 6.04 Å². The molecule has 3 amide bonds. The van der Waals surface area contributed by atoms with Gasteiger partial charge in [-0.15, -0.1) is 0 Å². The third-order valence-corrected chi connectivity index (χ3v) is 4.86. The second kappa shape index (κ2) is 11.4. The maximum Gasteiger partial charge on any atom is 0.251 e. The van der Waals surface area contributed by atoms with Crippen LogP contribution in [0.25, 0.3) is 0 Å². The highest BCUT2D eigenvalue weighted by molar-refractivity contribution is 5.99. The van der Waals surface area contributed by atoms with E-state index >= 15 is 0 Å². The van der Waals surface area contributed by atoms with Crippen LogP contribution in [-0.4, -0.2) is 43.5 Å². The first kappa shape index (κ1) is 21.9. The van der Waals surface area contributed by atoms with E-state index in [1.165, 1.54) is 6.92 Å². The number of hydrogen-bond acceptors (Lipinski definition) is 4. The molecule has 0 heterocycles. The molecule has 3 N–H and O–H groups in total. The van der Waals surface area contributed by atoms with Gasteiger partial charge in [0.05, 0.1) is 0 Å². The lowest BCUT2D eigenvalue weighted by Gasteiger charge is -2.23. The second-order valence-electron chi connectivity index (χ2n) is 7.10. The zero-order chi connectivity index (χ0) is 20.4. The van der Waals surface area contributed by atoms with Crippen molar-refractivity contribution in [2.75, 3.05) is 25.1 Å². The third-order valence-electron chi connectivity index (χ3n) is 4.86. The van der Waals surface area contributed by atoms with Gasteiger partial charge in [0.1, 0.15) is 6.04 Å². The van der Waals surface area contributed by atoms with E-state index in [1.54, 1.807) is 24.3 Å². The second-order valence-corrected chi connectivity index (χ2v) is 7.10. The Bertz CT molecular complexity index is 671. The first-order chi connectivity index (χ1) is 13.5. The van der Waals surface area contributed by atoms with Crippen LogP contribution in [0.4, 0.5) is 5.69 Å². The molecule has 1 saturated carbocycles. The van der Waals surface area contributed by atoms with Gasteiger partial charge in [-0.25, -0.2) is 0 Å². The summed E-state index contributed by atoms with van der Waals surface area (Å²) in [6.45, 7) is 5.16. The van der Waals surface area contributed by atoms with Crippen LogP contribution >= 0.6 is 0 Å². The van der Waals surface area contributed by atoms with E-state index in [1.807, 2.05) is 6.92 Å². The van der Waals surface area contributed by atoms with Crippen LogP contribution in [0, 0.1) is 5.92 Å². The van der Waals surface area contributed by atoms with Gasteiger partial charge >= 0.3 is 0 Å². The average molecular weight is 389 g/mol. The lowest BCUT2D eigenvalue weighted by Crippen LogP contribution is -2.47. The molecular weight excluding hydrogens is 358 g/mol. The molecule has 154 valence electrons. The van der Waals surface area contributed by atoms with Gasteiger partial charge < -0.3 is 20.7 Å². The van der Waals surface area contributed by atoms with Crippen LogP contribution in [0.5, 0.6) is 0 Å². The molecule has 1 atom stereocenters. The van der Waals surface area contributed by atoms with Crippen LogP contribution < -0.4 is 16.0 Å². The number of ether oxygens (including phenoxy) is 1. The van der Waals surface area contributed by atoms with Crippen LogP contribution in [0.2, 0.25) is 0 Å². The van der Waals surface area contributed by atoms with Gasteiger partial charge in [0.15, 0.2) is 0 Å². The zero-order valence-corrected chi connectivity index (χ0v) is 16.8. The third kappa shape index (κ3) is 6.96. The molecule has 0 aromatic heterocycles. The molecule has 7 nitrogen and oxygen atoms in total. The van der Waals surface area contributed by atoms with Crippen molar-refractivity contribution in [3.63, 3.8) is 0 Å². The Balaban J connectivity index is 1.95. The average Bonchev–Trinajstić information content (AvgIpc) is 3.20. The summed E-state index contributed by atoms with van der Waals surface area (Å²) >= 11 is 0. The molecule has 0 saturated heterocycles. The summed E-state index contributed by atoms with van der Waals surface area (Å²) in [7, 11) is 0. The number of benzene rings is 1. The summed E-state index contributed by atoms with van der Waals surface area (Å²) in [4.78, 5) is 36.6. The SMILES string of the molecule is CCOCCCNC(=O)c1cccc(NC(=O)C(NC(C)=O)C2CCCC2)c1. The first-order valence-corrected chi connectivity index (χ1v) is 10.0. The number of anilines is 1. The minimum absolute atomic E-state index is 0.153. The molecule has 0 radical (unpaired) electrons. The van der Waals surface area contributed by atoms with Gasteiger partial charge in [0.2, 0.25) is 11.8 Å². The highest BCUT2D eigenvalue weighted by Gasteiger charge is 2.31. The normalized spacial score (nSPS) is 15.1. The smallest absolute Gasteiger partial charge is 0.251 e. The summed E-state index contributed by atoms with van der Waals surface area (Å²) in [5.74, 6) is -0.494. The highest BCUT2D eigenvalue weighted by atomic mass is 16.5. The fourth-order valence-electron chi connectivity index (χ4n) is 3.49. The van der Waals surface area contributed by atoms with Gasteiger partial charge in [-0.3, -0.25) is 14.4 Å². The fourth-order valence-corrected chi connectivity index (χ4v) is 3.49.